The van der Waals surface area contributed by atoms with Crippen molar-refractivity contribution in [2.24, 2.45) is 0 Å². The van der Waals surface area contributed by atoms with E-state index in [1.807, 2.05) is 24.3 Å². The van der Waals surface area contributed by atoms with Gasteiger partial charge in [-0.3, -0.25) is 4.79 Å². The Kier molecular flexibility index (Phi) is 6.64. The average molecular weight is 244 g/mol. The zero-order valence-corrected chi connectivity index (χ0v) is 11.2. The lowest BCUT2D eigenvalue weighted by atomic mass is 10.1. The molecule has 0 saturated heterocycles. The molecule has 2 heteroatoms. The molecule has 96 valence electrons. The quantitative estimate of drug-likeness (QED) is 0.564. The molecule has 0 aliphatic heterocycles. The standard InChI is InChI=1S/C16H20O2/c1-3-4-5-6-7-15(17)11-8-14-9-12-16(18-2)13-10-14/h9-10,12-13H,3-7H2,1-2H3. The van der Waals surface area contributed by atoms with E-state index >= 15 is 0 Å². The van der Waals surface area contributed by atoms with Gasteiger partial charge in [-0.1, -0.05) is 32.1 Å². The largest absolute Gasteiger partial charge is 0.497 e. The van der Waals surface area contributed by atoms with Crippen LogP contribution in [0.3, 0.4) is 0 Å². The van der Waals surface area contributed by atoms with Crippen molar-refractivity contribution in [3.05, 3.63) is 29.8 Å². The van der Waals surface area contributed by atoms with Crippen molar-refractivity contribution in [1.82, 2.24) is 0 Å². The van der Waals surface area contributed by atoms with Crippen LogP contribution in [0.25, 0.3) is 0 Å². The van der Waals surface area contributed by atoms with E-state index < -0.39 is 0 Å². The number of ketones is 1. The van der Waals surface area contributed by atoms with Gasteiger partial charge < -0.3 is 4.74 Å². The lowest BCUT2D eigenvalue weighted by molar-refractivity contribution is -0.113. The maximum atomic E-state index is 11.5. The predicted molar refractivity (Wildman–Crippen MR) is 73.6 cm³/mol. The van der Waals surface area contributed by atoms with Crippen molar-refractivity contribution < 1.29 is 9.53 Å². The van der Waals surface area contributed by atoms with Gasteiger partial charge in [0.1, 0.15) is 5.75 Å². The first-order valence-electron chi connectivity index (χ1n) is 6.45. The van der Waals surface area contributed by atoms with E-state index in [1.54, 1.807) is 7.11 Å². The van der Waals surface area contributed by atoms with Gasteiger partial charge in [-0.05, 0) is 36.6 Å². The van der Waals surface area contributed by atoms with Crippen LogP contribution in [0.5, 0.6) is 5.75 Å². The van der Waals surface area contributed by atoms with Gasteiger partial charge in [0.05, 0.1) is 7.11 Å². The highest BCUT2D eigenvalue weighted by atomic mass is 16.5. The Labute approximate surface area is 109 Å². The Hall–Kier alpha value is -1.75. The van der Waals surface area contributed by atoms with Crippen molar-refractivity contribution >= 4 is 5.78 Å². The molecular formula is C16H20O2. The molecule has 18 heavy (non-hydrogen) atoms. The number of rotatable bonds is 6. The van der Waals surface area contributed by atoms with Crippen LogP contribution in [-0.4, -0.2) is 12.9 Å². The number of methoxy groups -OCH3 is 1. The van der Waals surface area contributed by atoms with Gasteiger partial charge in [-0.25, -0.2) is 0 Å². The van der Waals surface area contributed by atoms with Gasteiger partial charge in [0, 0.05) is 12.0 Å². The van der Waals surface area contributed by atoms with Crippen LogP contribution in [0.15, 0.2) is 24.3 Å². The lowest BCUT2D eigenvalue weighted by Gasteiger charge is -1.97. The molecule has 0 bridgehead atoms. The van der Waals surface area contributed by atoms with Crippen LogP contribution in [-0.2, 0) is 4.79 Å². The minimum absolute atomic E-state index is 0.0296. The van der Waals surface area contributed by atoms with E-state index in [1.165, 1.54) is 12.8 Å². The second-order valence-corrected chi connectivity index (χ2v) is 4.21. The molecule has 0 atom stereocenters. The topological polar surface area (TPSA) is 26.3 Å². The third kappa shape index (κ3) is 5.54. The zero-order chi connectivity index (χ0) is 13.2. The molecular weight excluding hydrogens is 224 g/mol. The molecule has 0 fully saturated rings. The average Bonchev–Trinajstić information content (AvgIpc) is 2.42. The number of Topliss-reactive ketones (excluding diaryl/α,β-unsaturated/α-hetero) is 1. The molecule has 0 N–H and O–H groups in total. The van der Waals surface area contributed by atoms with Gasteiger partial charge in [-0.15, -0.1) is 0 Å². The Balaban J connectivity index is 2.41. The fraction of sp³-hybridized carbons (Fsp3) is 0.438. The molecule has 0 spiro atoms. The van der Waals surface area contributed by atoms with Crippen LogP contribution in [0.1, 0.15) is 44.6 Å². The highest BCUT2D eigenvalue weighted by molar-refractivity contribution is 5.95. The second kappa shape index (κ2) is 8.36. The SMILES string of the molecule is CCCCCCC(=O)C#Cc1ccc(OC)cc1. The van der Waals surface area contributed by atoms with E-state index in [2.05, 4.69) is 18.8 Å². The highest BCUT2D eigenvalue weighted by Gasteiger charge is 1.96. The fourth-order valence-corrected chi connectivity index (χ4v) is 1.59. The predicted octanol–water partition coefficient (Wildman–Crippen LogP) is 3.59. The molecule has 0 aliphatic carbocycles. The minimum Gasteiger partial charge on any atom is -0.497 e. The van der Waals surface area contributed by atoms with Crippen LogP contribution in [0, 0.1) is 11.8 Å². The monoisotopic (exact) mass is 244 g/mol. The summed E-state index contributed by atoms with van der Waals surface area (Å²) in [7, 11) is 1.63. The summed E-state index contributed by atoms with van der Waals surface area (Å²) < 4.78 is 5.06. The van der Waals surface area contributed by atoms with Crippen LogP contribution >= 0.6 is 0 Å². The van der Waals surface area contributed by atoms with E-state index in [0.29, 0.717) is 6.42 Å². The molecule has 1 aromatic carbocycles. The van der Waals surface area contributed by atoms with Gasteiger partial charge >= 0.3 is 0 Å². The van der Waals surface area contributed by atoms with Crippen LogP contribution in [0.2, 0.25) is 0 Å². The molecule has 0 heterocycles. The third-order valence-corrected chi connectivity index (χ3v) is 2.69. The summed E-state index contributed by atoms with van der Waals surface area (Å²) in [6.45, 7) is 2.16. The molecule has 2 nitrogen and oxygen atoms in total. The number of carbonyl (C=O) groups excluding carboxylic acids is 1. The van der Waals surface area contributed by atoms with Crippen molar-refractivity contribution in [2.45, 2.75) is 39.0 Å². The van der Waals surface area contributed by atoms with E-state index in [4.69, 9.17) is 4.74 Å². The summed E-state index contributed by atoms with van der Waals surface area (Å²) >= 11 is 0. The Morgan fingerprint density at radius 2 is 1.89 bits per heavy atom. The highest BCUT2D eigenvalue weighted by Crippen LogP contribution is 2.10. The van der Waals surface area contributed by atoms with Gasteiger partial charge in [0.2, 0.25) is 5.78 Å². The molecule has 1 aromatic rings. The van der Waals surface area contributed by atoms with E-state index in [0.717, 1.165) is 24.2 Å². The van der Waals surface area contributed by atoms with E-state index in [9.17, 15) is 4.79 Å². The van der Waals surface area contributed by atoms with Gasteiger partial charge in [0.25, 0.3) is 0 Å². The summed E-state index contributed by atoms with van der Waals surface area (Å²) in [4.78, 5) is 11.5. The third-order valence-electron chi connectivity index (χ3n) is 2.69. The molecule has 0 radical (unpaired) electrons. The zero-order valence-electron chi connectivity index (χ0n) is 11.2. The summed E-state index contributed by atoms with van der Waals surface area (Å²) in [5.74, 6) is 6.39. The molecule has 0 amide bonds. The number of benzene rings is 1. The maximum absolute atomic E-state index is 11.5. The Morgan fingerprint density at radius 1 is 1.17 bits per heavy atom. The molecule has 0 saturated carbocycles. The lowest BCUT2D eigenvalue weighted by Crippen LogP contribution is -1.93. The number of hydrogen-bond donors (Lipinski definition) is 0. The van der Waals surface area contributed by atoms with E-state index in [-0.39, 0.29) is 5.78 Å². The Morgan fingerprint density at radius 3 is 2.50 bits per heavy atom. The van der Waals surface area contributed by atoms with Gasteiger partial charge in [0.15, 0.2) is 0 Å². The molecule has 0 unspecified atom stereocenters. The fourth-order valence-electron chi connectivity index (χ4n) is 1.59. The summed E-state index contributed by atoms with van der Waals surface area (Å²) in [5.41, 5.74) is 0.845. The number of hydrogen-bond acceptors (Lipinski definition) is 2. The first-order valence-corrected chi connectivity index (χ1v) is 6.45. The van der Waals surface area contributed by atoms with Crippen molar-refractivity contribution in [3.8, 4) is 17.6 Å². The maximum Gasteiger partial charge on any atom is 0.205 e. The summed E-state index contributed by atoms with van der Waals surface area (Å²) in [6, 6.07) is 7.40. The first-order chi connectivity index (χ1) is 8.76. The normalized spacial score (nSPS) is 9.44. The second-order valence-electron chi connectivity index (χ2n) is 4.21. The van der Waals surface area contributed by atoms with Crippen molar-refractivity contribution in [3.63, 3.8) is 0 Å². The van der Waals surface area contributed by atoms with Crippen LogP contribution < -0.4 is 4.74 Å². The molecule has 0 aliphatic rings. The smallest absolute Gasteiger partial charge is 0.205 e. The minimum atomic E-state index is 0.0296. The first kappa shape index (κ1) is 14.3. The molecule has 1 rings (SSSR count). The molecule has 0 aromatic heterocycles. The number of carbonyl (C=O) groups is 1. The summed E-state index contributed by atoms with van der Waals surface area (Å²) in [6.07, 6.45) is 5.02. The van der Waals surface area contributed by atoms with Crippen LogP contribution in [0.4, 0.5) is 0 Å². The number of ether oxygens (including phenoxy) is 1. The Bertz CT molecular complexity index is 421. The van der Waals surface area contributed by atoms with Crippen molar-refractivity contribution in [1.29, 1.82) is 0 Å². The van der Waals surface area contributed by atoms with Gasteiger partial charge in [-0.2, -0.15) is 0 Å². The number of unbranched alkanes of at least 4 members (excludes halogenated alkanes) is 3. The van der Waals surface area contributed by atoms with Crippen molar-refractivity contribution in [2.75, 3.05) is 7.11 Å². The summed E-state index contributed by atoms with van der Waals surface area (Å²) in [5, 5.41) is 0.